The Morgan fingerprint density at radius 1 is 0.844 bits per heavy atom. The van der Waals surface area contributed by atoms with Gasteiger partial charge in [0.1, 0.15) is 0 Å². The number of fused-ring (bicyclic) bond motifs is 7. The Kier molecular flexibility index (Phi) is 14.1. The number of rotatable bonds is 11. The van der Waals surface area contributed by atoms with Gasteiger partial charge in [-0.1, -0.05) is 133 Å². The summed E-state index contributed by atoms with van der Waals surface area (Å²) in [6, 6.07) is 19.9. The molecule has 1 saturated carbocycles. The third kappa shape index (κ3) is 10.5. The van der Waals surface area contributed by atoms with Gasteiger partial charge in [-0.15, -0.1) is 0 Å². The van der Waals surface area contributed by atoms with Crippen molar-refractivity contribution in [2.24, 2.45) is 47.2 Å². The van der Waals surface area contributed by atoms with Gasteiger partial charge < -0.3 is 10.8 Å². The molecular weight excluding hydrogens is 591 g/mol. The molecule has 6 rings (SSSR count). The van der Waals surface area contributed by atoms with Crippen LogP contribution in [0.2, 0.25) is 0 Å². The first kappa shape index (κ1) is 34.4. The first-order valence-corrected chi connectivity index (χ1v) is 20.2. The van der Waals surface area contributed by atoms with Crippen molar-refractivity contribution in [1.82, 2.24) is 0 Å². The maximum Gasteiger partial charge on any atom is 0.303 e. The number of allylic oxidation sites excluding steroid dienone is 4. The smallest absolute Gasteiger partial charge is 0.303 e. The van der Waals surface area contributed by atoms with Crippen LogP contribution in [-0.2, 0) is 23.4 Å². The predicted molar refractivity (Wildman–Crippen MR) is 194 cm³/mol. The summed E-state index contributed by atoms with van der Waals surface area (Å²) in [6.45, 7) is 0.611. The number of nitrogens with two attached hydrogens (primary N) is 1. The molecule has 0 radical (unpaired) electrons. The number of hydrogen-bond donors (Lipinski definition) is 2. The second-order valence-corrected chi connectivity index (χ2v) is 16.5. The van der Waals surface area contributed by atoms with E-state index < -0.39 is 5.97 Å². The van der Waals surface area contributed by atoms with Gasteiger partial charge in [0, 0.05) is 17.9 Å². The summed E-state index contributed by atoms with van der Waals surface area (Å²) >= 11 is 0. The van der Waals surface area contributed by atoms with Gasteiger partial charge in [-0.05, 0) is 110 Å². The fourth-order valence-electron chi connectivity index (χ4n) is 8.50. The maximum absolute atomic E-state index is 12.3. The summed E-state index contributed by atoms with van der Waals surface area (Å²) in [4.78, 5) is 12.3. The van der Waals surface area contributed by atoms with Crippen LogP contribution in [0.3, 0.4) is 0 Å². The van der Waals surface area contributed by atoms with E-state index in [4.69, 9.17) is 5.73 Å². The molecule has 2 aromatic rings. The highest BCUT2D eigenvalue weighted by Gasteiger charge is 2.39. The highest BCUT2D eigenvalue weighted by molar-refractivity contribution is 8.76. The SMILES string of the molecule is NCC[C@@H]1[C@@H](CC(=O)O)[C@H]2C=C[C@H]1C[C@@H](C/C=C\CCC1CCCCC1)[C@@H](Cc1ccccc1)CSSCc1ccccc1C2. The van der Waals surface area contributed by atoms with Crippen LogP contribution in [0.4, 0.5) is 0 Å². The standard InChI is InChI=1S/C40H55NO2S2/c41-23-22-38-34-20-21-35(39(38)27-40(42)43)25-32-18-10-11-19-36(32)28-44-45-29-37(24-31-15-7-2-8-16-31)33(26-34)17-9-3-6-14-30-12-4-1-5-13-30/h2-3,7-11,15-16,18-21,30,33-35,37-39H,1,4-6,12-14,17,22-29,41H2,(H,42,43)/b9-3-/t33-,34+,35+,37+,38+,39+/m1/s1. The summed E-state index contributed by atoms with van der Waals surface area (Å²) in [5.41, 5.74) is 10.5. The first-order valence-electron chi connectivity index (χ1n) is 17.7. The molecule has 6 atom stereocenters. The van der Waals surface area contributed by atoms with Gasteiger partial charge in [0.05, 0.1) is 0 Å². The summed E-state index contributed by atoms with van der Waals surface area (Å²) in [5.74, 6) is 4.45. The molecular formula is C40H55NO2S2. The summed E-state index contributed by atoms with van der Waals surface area (Å²) in [7, 11) is 4.05. The van der Waals surface area contributed by atoms with Crippen molar-refractivity contribution in [1.29, 1.82) is 0 Å². The van der Waals surface area contributed by atoms with Crippen molar-refractivity contribution in [2.75, 3.05) is 12.3 Å². The topological polar surface area (TPSA) is 63.3 Å². The van der Waals surface area contributed by atoms with E-state index in [1.54, 1.807) is 0 Å². The highest BCUT2D eigenvalue weighted by Crippen LogP contribution is 2.46. The van der Waals surface area contributed by atoms with Gasteiger partial charge in [-0.2, -0.15) is 0 Å². The van der Waals surface area contributed by atoms with Crippen LogP contribution in [0.1, 0.15) is 87.3 Å². The molecule has 0 amide bonds. The van der Waals surface area contributed by atoms with E-state index >= 15 is 0 Å². The van der Waals surface area contributed by atoms with E-state index in [1.807, 2.05) is 10.8 Å². The van der Waals surface area contributed by atoms with E-state index in [-0.39, 0.29) is 18.3 Å². The molecule has 0 aromatic heterocycles. The van der Waals surface area contributed by atoms with Crippen LogP contribution in [0, 0.1) is 41.4 Å². The van der Waals surface area contributed by atoms with Gasteiger partial charge in [-0.3, -0.25) is 4.79 Å². The van der Waals surface area contributed by atoms with E-state index in [0.29, 0.717) is 30.2 Å². The Morgan fingerprint density at radius 2 is 1.60 bits per heavy atom. The number of aliphatic carboxylic acids is 1. The first-order chi connectivity index (χ1) is 22.1. The lowest BCUT2D eigenvalue weighted by atomic mass is 9.63. The Balaban J connectivity index is 1.43. The fourth-order valence-corrected chi connectivity index (χ4v) is 11.1. The van der Waals surface area contributed by atoms with Gasteiger partial charge in [0.25, 0.3) is 0 Å². The van der Waals surface area contributed by atoms with Crippen molar-refractivity contribution in [3.8, 4) is 0 Å². The van der Waals surface area contributed by atoms with Crippen LogP contribution in [0.25, 0.3) is 0 Å². The minimum absolute atomic E-state index is 0.110. The van der Waals surface area contributed by atoms with Crippen LogP contribution in [0.5, 0.6) is 0 Å². The zero-order valence-corrected chi connectivity index (χ0v) is 28.7. The molecule has 3 nitrogen and oxygen atoms in total. The molecule has 4 aliphatic rings. The minimum atomic E-state index is -0.679. The van der Waals surface area contributed by atoms with Gasteiger partial charge in [0.2, 0.25) is 0 Å². The minimum Gasteiger partial charge on any atom is -0.481 e. The van der Waals surface area contributed by atoms with E-state index in [9.17, 15) is 9.90 Å². The molecule has 244 valence electrons. The molecule has 2 heterocycles. The zero-order chi connectivity index (χ0) is 31.3. The van der Waals surface area contributed by atoms with Crippen molar-refractivity contribution >= 4 is 27.6 Å². The second-order valence-electron chi connectivity index (χ2n) is 14.0. The molecule has 2 aliphatic carbocycles. The lowest BCUT2D eigenvalue weighted by molar-refractivity contribution is -0.139. The lowest BCUT2D eigenvalue weighted by Gasteiger charge is -2.42. The predicted octanol–water partition coefficient (Wildman–Crippen LogP) is 10.2. The number of carboxylic acids is 1. The Hall–Kier alpha value is -1.95. The van der Waals surface area contributed by atoms with Crippen LogP contribution in [0.15, 0.2) is 78.9 Å². The van der Waals surface area contributed by atoms with E-state index in [2.05, 4.69) is 89.7 Å². The molecule has 3 N–H and O–H groups in total. The molecule has 2 bridgehead atoms. The van der Waals surface area contributed by atoms with Gasteiger partial charge in [-0.25, -0.2) is 0 Å². The molecule has 1 fully saturated rings. The maximum atomic E-state index is 12.3. The molecule has 2 aliphatic heterocycles. The lowest BCUT2D eigenvalue weighted by Crippen LogP contribution is -2.37. The largest absolute Gasteiger partial charge is 0.481 e. The average Bonchev–Trinajstić information content (AvgIpc) is 3.05. The van der Waals surface area contributed by atoms with Crippen molar-refractivity contribution in [3.63, 3.8) is 0 Å². The van der Waals surface area contributed by atoms with E-state index in [0.717, 1.165) is 49.5 Å². The third-order valence-electron chi connectivity index (χ3n) is 11.0. The fraction of sp³-hybridized carbons (Fsp3) is 0.575. The zero-order valence-electron chi connectivity index (χ0n) is 27.1. The van der Waals surface area contributed by atoms with Crippen molar-refractivity contribution in [3.05, 3.63) is 95.6 Å². The Morgan fingerprint density at radius 3 is 2.38 bits per heavy atom. The summed E-state index contributed by atoms with van der Waals surface area (Å²) in [5, 5.41) is 10.1. The second kappa shape index (κ2) is 18.4. The van der Waals surface area contributed by atoms with Crippen molar-refractivity contribution < 1.29 is 9.90 Å². The number of hydrogen-bond acceptors (Lipinski definition) is 4. The number of benzene rings is 2. The third-order valence-corrected chi connectivity index (χ3v) is 13.4. The quantitative estimate of drug-likeness (QED) is 0.188. The summed E-state index contributed by atoms with van der Waals surface area (Å²) in [6.07, 6.45) is 24.8. The van der Waals surface area contributed by atoms with Crippen molar-refractivity contribution in [2.45, 2.75) is 89.2 Å². The Bertz CT molecular complexity index is 1220. The molecule has 0 saturated heterocycles. The number of carboxylic acid groups (broad SMARTS) is 1. The summed E-state index contributed by atoms with van der Waals surface area (Å²) < 4.78 is 0. The monoisotopic (exact) mass is 645 g/mol. The number of carbonyl (C=O) groups is 1. The molecule has 0 unspecified atom stereocenters. The molecule has 45 heavy (non-hydrogen) atoms. The molecule has 0 spiro atoms. The van der Waals surface area contributed by atoms with E-state index in [1.165, 1.54) is 61.6 Å². The van der Waals surface area contributed by atoms with Crippen LogP contribution in [-0.4, -0.2) is 23.4 Å². The Labute approximate surface area is 280 Å². The molecule has 2 aromatic carbocycles. The van der Waals surface area contributed by atoms with Crippen LogP contribution < -0.4 is 5.73 Å². The van der Waals surface area contributed by atoms with Gasteiger partial charge >= 0.3 is 5.97 Å². The van der Waals surface area contributed by atoms with Gasteiger partial charge in [0.15, 0.2) is 0 Å². The molecule has 5 heteroatoms. The van der Waals surface area contributed by atoms with Crippen LogP contribution >= 0.6 is 21.6 Å². The highest BCUT2D eigenvalue weighted by atomic mass is 33.1. The average molecular weight is 646 g/mol. The normalized spacial score (nSPS) is 28.1.